The zero-order valence-electron chi connectivity index (χ0n) is 24.3. The van der Waals surface area contributed by atoms with Crippen LogP contribution in [0.4, 0.5) is 11.4 Å². The topological polar surface area (TPSA) is 107 Å². The predicted molar refractivity (Wildman–Crippen MR) is 164 cm³/mol. The zero-order chi connectivity index (χ0) is 29.9. The minimum absolute atomic E-state index is 0.0156. The number of hydrogen-bond donors (Lipinski definition) is 0. The highest BCUT2D eigenvalue weighted by Crippen LogP contribution is 2.45. The number of morpholine rings is 1. The van der Waals surface area contributed by atoms with Gasteiger partial charge in [-0.2, -0.15) is 5.10 Å². The summed E-state index contributed by atoms with van der Waals surface area (Å²) in [6, 6.07) is 19.9. The Kier molecular flexibility index (Phi) is 8.11. The van der Waals surface area contributed by atoms with Crippen LogP contribution >= 0.6 is 0 Å². The van der Waals surface area contributed by atoms with Gasteiger partial charge in [0.15, 0.2) is 0 Å². The largest absolute Gasteiger partial charge is 0.497 e. The highest BCUT2D eigenvalue weighted by Gasteiger charge is 2.44. The van der Waals surface area contributed by atoms with Crippen molar-refractivity contribution in [3.05, 3.63) is 99.1 Å². The van der Waals surface area contributed by atoms with Gasteiger partial charge in [-0.15, -0.1) is 0 Å². The van der Waals surface area contributed by atoms with Gasteiger partial charge in [-0.05, 0) is 78.4 Å². The van der Waals surface area contributed by atoms with Gasteiger partial charge in [0.05, 0.1) is 44.1 Å². The first-order valence-electron chi connectivity index (χ1n) is 14.5. The van der Waals surface area contributed by atoms with Gasteiger partial charge in [0.25, 0.3) is 11.6 Å². The number of ether oxygens (including phenoxy) is 3. The summed E-state index contributed by atoms with van der Waals surface area (Å²) in [7, 11) is 3.26. The molecule has 2 unspecified atom stereocenters. The number of amides is 1. The van der Waals surface area contributed by atoms with Crippen LogP contribution in [0.5, 0.6) is 11.5 Å². The van der Waals surface area contributed by atoms with E-state index in [0.717, 1.165) is 53.2 Å². The monoisotopic (exact) mass is 582 g/mol. The quantitative estimate of drug-likeness (QED) is 0.253. The molecule has 2 atom stereocenters. The summed E-state index contributed by atoms with van der Waals surface area (Å²) in [5.41, 5.74) is 4.55. The number of nitro benzene ring substituents is 1. The third-order valence-corrected chi connectivity index (χ3v) is 8.39. The number of benzene rings is 3. The molecule has 0 aromatic heterocycles. The van der Waals surface area contributed by atoms with E-state index in [1.54, 1.807) is 26.4 Å². The number of fused-ring (bicyclic) bond motifs is 1. The van der Waals surface area contributed by atoms with E-state index in [1.165, 1.54) is 11.1 Å². The molecule has 10 nitrogen and oxygen atoms in total. The van der Waals surface area contributed by atoms with Crippen LogP contribution in [0.3, 0.4) is 0 Å². The zero-order valence-corrected chi connectivity index (χ0v) is 24.3. The van der Waals surface area contributed by atoms with E-state index in [0.29, 0.717) is 32.0 Å². The minimum Gasteiger partial charge on any atom is -0.497 e. The van der Waals surface area contributed by atoms with Gasteiger partial charge in [0.1, 0.15) is 17.2 Å². The summed E-state index contributed by atoms with van der Waals surface area (Å²) in [6.45, 7) is 2.11. The predicted octanol–water partition coefficient (Wildman–Crippen LogP) is 5.89. The van der Waals surface area contributed by atoms with Crippen LogP contribution < -0.4 is 14.4 Å². The number of allylic oxidation sites excluding steroid dienone is 1. The second-order valence-corrected chi connectivity index (χ2v) is 10.9. The highest BCUT2D eigenvalue weighted by molar-refractivity contribution is 6.09. The smallest absolute Gasteiger partial charge is 0.293 e. The average Bonchev–Trinajstić information content (AvgIpc) is 3.45. The van der Waals surface area contributed by atoms with Crippen molar-refractivity contribution in [1.82, 2.24) is 5.01 Å². The van der Waals surface area contributed by atoms with E-state index in [1.807, 2.05) is 53.4 Å². The SMILES string of the molecule is COc1ccc(C=C2CCCC3C2=NN(C(=O)c2ccc(N4CCOCC4)c([N+](=O)[O-])c2)C3c2ccc(OC)cc2)cc1. The van der Waals surface area contributed by atoms with Crippen molar-refractivity contribution < 1.29 is 23.9 Å². The Hall–Kier alpha value is -4.70. The number of anilines is 1. The van der Waals surface area contributed by atoms with Crippen molar-refractivity contribution in [2.24, 2.45) is 11.0 Å². The van der Waals surface area contributed by atoms with Crippen LogP contribution in [0.2, 0.25) is 0 Å². The molecule has 1 aliphatic carbocycles. The maximum absolute atomic E-state index is 14.2. The molecule has 1 saturated carbocycles. The van der Waals surface area contributed by atoms with Crippen LogP contribution in [-0.4, -0.2) is 62.1 Å². The molecule has 3 aromatic carbocycles. The number of rotatable bonds is 7. The van der Waals surface area contributed by atoms with Gasteiger partial charge in [0.2, 0.25) is 0 Å². The second-order valence-electron chi connectivity index (χ2n) is 10.9. The minimum atomic E-state index is -0.423. The lowest BCUT2D eigenvalue weighted by atomic mass is 9.77. The highest BCUT2D eigenvalue weighted by atomic mass is 16.6. The number of hydrazone groups is 1. The van der Waals surface area contributed by atoms with Crippen LogP contribution in [-0.2, 0) is 4.74 Å². The van der Waals surface area contributed by atoms with E-state index in [2.05, 4.69) is 6.08 Å². The van der Waals surface area contributed by atoms with Gasteiger partial charge in [-0.1, -0.05) is 24.3 Å². The number of methoxy groups -OCH3 is 2. The molecule has 0 N–H and O–H groups in total. The first kappa shape index (κ1) is 28.4. The second kappa shape index (κ2) is 12.3. The van der Waals surface area contributed by atoms with Crippen molar-refractivity contribution in [3.63, 3.8) is 0 Å². The lowest BCUT2D eigenvalue weighted by Gasteiger charge is -2.30. The first-order valence-corrected chi connectivity index (χ1v) is 14.5. The molecule has 0 radical (unpaired) electrons. The Balaban J connectivity index is 1.39. The lowest BCUT2D eigenvalue weighted by Crippen LogP contribution is -2.36. The summed E-state index contributed by atoms with van der Waals surface area (Å²) in [5, 5.41) is 18.6. The third kappa shape index (κ3) is 5.70. The van der Waals surface area contributed by atoms with E-state index in [-0.39, 0.29) is 29.1 Å². The Bertz CT molecular complexity index is 1560. The molecule has 0 bridgehead atoms. The number of hydrogen-bond acceptors (Lipinski definition) is 8. The van der Waals surface area contributed by atoms with Crippen LogP contribution in [0, 0.1) is 16.0 Å². The maximum atomic E-state index is 14.2. The molecule has 0 spiro atoms. The van der Waals surface area contributed by atoms with E-state index >= 15 is 0 Å². The molecule has 2 aliphatic heterocycles. The standard InChI is InChI=1S/C33H34N4O6/c1-41-26-11-6-22(7-12-26)20-24-4-3-5-28-31(24)34-36(32(28)23-8-13-27(42-2)14-9-23)33(38)25-10-15-29(30(21-25)37(39)40)35-16-18-43-19-17-35/h6-15,20-21,28,32H,3-5,16-19H2,1-2H3. The van der Waals surface area contributed by atoms with Crippen molar-refractivity contribution in [3.8, 4) is 11.5 Å². The van der Waals surface area contributed by atoms with Crippen molar-refractivity contribution in [2.75, 3.05) is 45.4 Å². The molecule has 1 saturated heterocycles. The molecule has 6 rings (SSSR count). The molecule has 43 heavy (non-hydrogen) atoms. The Morgan fingerprint density at radius 3 is 2.33 bits per heavy atom. The van der Waals surface area contributed by atoms with Crippen LogP contribution in [0.15, 0.2) is 77.4 Å². The van der Waals surface area contributed by atoms with Crippen molar-refractivity contribution in [1.29, 1.82) is 0 Å². The number of carbonyl (C=O) groups is 1. The average molecular weight is 583 g/mol. The molecule has 10 heteroatoms. The summed E-state index contributed by atoms with van der Waals surface area (Å²) in [5.74, 6) is 1.12. The molecule has 2 fully saturated rings. The van der Waals surface area contributed by atoms with E-state index in [9.17, 15) is 14.9 Å². The Morgan fingerprint density at radius 1 is 1.00 bits per heavy atom. The molecular weight excluding hydrogens is 548 g/mol. The Labute approximate surface area is 250 Å². The fourth-order valence-corrected chi connectivity index (χ4v) is 6.21. The summed E-state index contributed by atoms with van der Waals surface area (Å²) in [6.07, 6.45) is 4.80. The number of nitrogens with zero attached hydrogens (tertiary/aromatic N) is 4. The summed E-state index contributed by atoms with van der Waals surface area (Å²) in [4.78, 5) is 27.8. The van der Waals surface area contributed by atoms with Crippen LogP contribution in [0.25, 0.3) is 6.08 Å². The molecule has 3 aromatic rings. The Morgan fingerprint density at radius 2 is 1.67 bits per heavy atom. The van der Waals surface area contributed by atoms with E-state index < -0.39 is 4.92 Å². The fourth-order valence-electron chi connectivity index (χ4n) is 6.21. The van der Waals surface area contributed by atoms with Crippen molar-refractivity contribution >= 4 is 29.1 Å². The molecule has 3 aliphatic rings. The number of carbonyl (C=O) groups excluding carboxylic acids is 1. The van der Waals surface area contributed by atoms with Gasteiger partial charge >= 0.3 is 0 Å². The van der Waals surface area contributed by atoms with E-state index in [4.69, 9.17) is 19.3 Å². The third-order valence-electron chi connectivity index (χ3n) is 8.39. The normalized spacial score (nSPS) is 20.9. The van der Waals surface area contributed by atoms with Gasteiger partial charge in [-0.3, -0.25) is 14.9 Å². The first-order chi connectivity index (χ1) is 21.0. The maximum Gasteiger partial charge on any atom is 0.293 e. The van der Waals surface area contributed by atoms with Gasteiger partial charge in [0, 0.05) is 30.6 Å². The van der Waals surface area contributed by atoms with Gasteiger partial charge < -0.3 is 19.1 Å². The molecule has 2 heterocycles. The van der Waals surface area contributed by atoms with Crippen molar-refractivity contribution in [2.45, 2.75) is 25.3 Å². The lowest BCUT2D eigenvalue weighted by molar-refractivity contribution is -0.384. The molecule has 222 valence electrons. The molecule has 1 amide bonds. The fraction of sp³-hybridized carbons (Fsp3) is 0.333. The summed E-state index contributed by atoms with van der Waals surface area (Å²) >= 11 is 0. The van der Waals surface area contributed by atoms with Gasteiger partial charge in [-0.25, -0.2) is 5.01 Å². The van der Waals surface area contributed by atoms with Crippen LogP contribution in [0.1, 0.15) is 46.8 Å². The molecular formula is C33H34N4O6. The summed E-state index contributed by atoms with van der Waals surface area (Å²) < 4.78 is 16.1. The number of nitro groups is 1.